The number of hydrogen-bond acceptors (Lipinski definition) is 8. The van der Waals surface area contributed by atoms with Gasteiger partial charge in [0.2, 0.25) is 5.91 Å². The number of nitrogens with one attached hydrogen (secondary N) is 2. The van der Waals surface area contributed by atoms with Crippen molar-refractivity contribution < 1.29 is 19.1 Å². The predicted octanol–water partition coefficient (Wildman–Crippen LogP) is 3.43. The van der Waals surface area contributed by atoms with Gasteiger partial charge in [-0.2, -0.15) is 0 Å². The van der Waals surface area contributed by atoms with Crippen LogP contribution in [0.1, 0.15) is 38.1 Å². The van der Waals surface area contributed by atoms with E-state index in [9.17, 15) is 14.4 Å². The zero-order chi connectivity index (χ0) is 24.1. The molecule has 0 aliphatic carbocycles. The molecule has 1 aromatic carbocycles. The zero-order valence-electron chi connectivity index (χ0n) is 19.0. The molecule has 174 valence electrons. The summed E-state index contributed by atoms with van der Waals surface area (Å²) in [6, 6.07) is 7.87. The number of anilines is 1. The molecule has 2 aromatic heterocycles. The third-order valence-corrected chi connectivity index (χ3v) is 7.09. The lowest BCUT2D eigenvalue weighted by Crippen LogP contribution is -2.18. The smallest absolute Gasteiger partial charge is 0.341 e. The Morgan fingerprint density at radius 2 is 1.91 bits per heavy atom. The SMILES string of the molecule is CCOC(=O)c1c(NC(=O)CSc2nnc(-c3ccccc3C)n2C)sc(C(=O)NC)c1C. The molecule has 11 heteroatoms. The van der Waals surface area contributed by atoms with Crippen LogP contribution in [0, 0.1) is 13.8 Å². The molecule has 9 nitrogen and oxygen atoms in total. The second-order valence-electron chi connectivity index (χ2n) is 7.08. The Morgan fingerprint density at radius 3 is 2.58 bits per heavy atom. The standard InChI is InChI=1S/C22H25N5O4S2/c1-6-31-21(30)16-13(3)17(19(29)23-4)33-20(16)24-15(28)11-32-22-26-25-18(27(22)5)14-10-8-7-9-12(14)2/h7-10H,6,11H2,1-5H3,(H,23,29)(H,24,28). The van der Waals surface area contributed by atoms with Gasteiger partial charge in [-0.05, 0) is 31.9 Å². The van der Waals surface area contributed by atoms with Gasteiger partial charge < -0.3 is 19.9 Å². The van der Waals surface area contributed by atoms with E-state index in [1.54, 1.807) is 13.8 Å². The molecule has 0 fully saturated rings. The second-order valence-corrected chi connectivity index (χ2v) is 9.04. The van der Waals surface area contributed by atoms with Crippen LogP contribution in [0.15, 0.2) is 29.4 Å². The van der Waals surface area contributed by atoms with Crippen molar-refractivity contribution in [3.05, 3.63) is 45.8 Å². The van der Waals surface area contributed by atoms with Crippen LogP contribution < -0.4 is 10.6 Å². The van der Waals surface area contributed by atoms with Crippen LogP contribution >= 0.6 is 23.1 Å². The number of ether oxygens (including phenoxy) is 1. The monoisotopic (exact) mass is 487 g/mol. The summed E-state index contributed by atoms with van der Waals surface area (Å²) in [6.07, 6.45) is 0. The molecule has 3 rings (SSSR count). The summed E-state index contributed by atoms with van der Waals surface area (Å²) in [4.78, 5) is 37.7. The minimum atomic E-state index is -0.583. The van der Waals surface area contributed by atoms with Crippen molar-refractivity contribution in [3.8, 4) is 11.4 Å². The van der Waals surface area contributed by atoms with E-state index in [-0.39, 0.29) is 34.7 Å². The molecule has 0 saturated carbocycles. The summed E-state index contributed by atoms with van der Waals surface area (Å²) >= 11 is 2.27. The number of hydrogen-bond donors (Lipinski definition) is 2. The first-order chi connectivity index (χ1) is 15.8. The molecule has 0 saturated heterocycles. The number of thiophene rings is 1. The van der Waals surface area contributed by atoms with Gasteiger partial charge in [-0.25, -0.2) is 4.79 Å². The lowest BCUT2D eigenvalue weighted by atomic mass is 10.1. The quantitative estimate of drug-likeness (QED) is 0.369. The van der Waals surface area contributed by atoms with Crippen LogP contribution in [0.2, 0.25) is 0 Å². The van der Waals surface area contributed by atoms with Gasteiger partial charge in [0.1, 0.15) is 5.00 Å². The average Bonchev–Trinajstić information content (AvgIpc) is 3.31. The van der Waals surface area contributed by atoms with Crippen molar-refractivity contribution in [2.75, 3.05) is 24.7 Å². The Hall–Kier alpha value is -3.18. The van der Waals surface area contributed by atoms with E-state index in [4.69, 9.17) is 4.74 Å². The van der Waals surface area contributed by atoms with Gasteiger partial charge in [-0.15, -0.1) is 21.5 Å². The Balaban J connectivity index is 1.76. The van der Waals surface area contributed by atoms with Gasteiger partial charge in [0.15, 0.2) is 11.0 Å². The highest BCUT2D eigenvalue weighted by atomic mass is 32.2. The van der Waals surface area contributed by atoms with E-state index in [0.29, 0.717) is 21.4 Å². The van der Waals surface area contributed by atoms with Crippen LogP contribution in [-0.2, 0) is 16.6 Å². The molecule has 0 atom stereocenters. The van der Waals surface area contributed by atoms with Gasteiger partial charge in [0, 0.05) is 19.7 Å². The fourth-order valence-corrected chi connectivity index (χ4v) is 5.04. The highest BCUT2D eigenvalue weighted by Gasteiger charge is 2.26. The maximum absolute atomic E-state index is 12.7. The first-order valence-corrected chi connectivity index (χ1v) is 12.0. The van der Waals surface area contributed by atoms with Crippen LogP contribution in [0.5, 0.6) is 0 Å². The van der Waals surface area contributed by atoms with Crippen molar-refractivity contribution in [3.63, 3.8) is 0 Å². The maximum atomic E-state index is 12.7. The fraction of sp³-hybridized carbons (Fsp3) is 0.318. The average molecular weight is 488 g/mol. The summed E-state index contributed by atoms with van der Waals surface area (Å²) in [7, 11) is 3.35. The van der Waals surface area contributed by atoms with E-state index < -0.39 is 5.97 Å². The number of esters is 1. The molecular weight excluding hydrogens is 462 g/mol. The molecule has 0 spiro atoms. The number of aryl methyl sites for hydroxylation is 1. The van der Waals surface area contributed by atoms with E-state index in [1.165, 1.54) is 18.8 Å². The molecule has 3 aromatic rings. The van der Waals surface area contributed by atoms with Crippen molar-refractivity contribution in [1.82, 2.24) is 20.1 Å². The molecule has 0 aliphatic heterocycles. The number of thioether (sulfide) groups is 1. The topological polar surface area (TPSA) is 115 Å². The fourth-order valence-electron chi connectivity index (χ4n) is 3.17. The molecule has 2 heterocycles. The molecule has 0 aliphatic rings. The lowest BCUT2D eigenvalue weighted by Gasteiger charge is -2.08. The maximum Gasteiger partial charge on any atom is 0.341 e. The number of aromatic nitrogens is 3. The summed E-state index contributed by atoms with van der Waals surface area (Å²) in [6.45, 7) is 5.54. The number of nitrogens with zero attached hydrogens (tertiary/aromatic N) is 3. The van der Waals surface area contributed by atoms with E-state index >= 15 is 0 Å². The third kappa shape index (κ3) is 5.25. The first-order valence-electron chi connectivity index (χ1n) is 10.2. The molecule has 0 bridgehead atoms. The Labute approximate surface area is 199 Å². The summed E-state index contributed by atoms with van der Waals surface area (Å²) in [5, 5.41) is 14.6. The highest BCUT2D eigenvalue weighted by molar-refractivity contribution is 7.99. The number of carbonyl (C=O) groups is 3. The van der Waals surface area contributed by atoms with Crippen molar-refractivity contribution in [2.24, 2.45) is 7.05 Å². The largest absolute Gasteiger partial charge is 0.462 e. The second kappa shape index (κ2) is 10.6. The molecule has 0 radical (unpaired) electrons. The normalized spacial score (nSPS) is 10.7. The van der Waals surface area contributed by atoms with Gasteiger partial charge in [-0.3, -0.25) is 9.59 Å². The highest BCUT2D eigenvalue weighted by Crippen LogP contribution is 2.34. The summed E-state index contributed by atoms with van der Waals surface area (Å²) in [5.41, 5.74) is 2.71. The molecular formula is C22H25N5O4S2. The Bertz CT molecular complexity index is 1200. The van der Waals surface area contributed by atoms with Crippen LogP contribution in [0.3, 0.4) is 0 Å². The van der Waals surface area contributed by atoms with E-state index in [1.807, 2.05) is 42.8 Å². The van der Waals surface area contributed by atoms with Crippen molar-refractivity contribution in [2.45, 2.75) is 25.9 Å². The molecule has 2 N–H and O–H groups in total. The Kier molecular flexibility index (Phi) is 7.88. The molecule has 0 unspecified atom stereocenters. The summed E-state index contributed by atoms with van der Waals surface area (Å²) < 4.78 is 6.95. The van der Waals surface area contributed by atoms with Gasteiger partial charge >= 0.3 is 5.97 Å². The lowest BCUT2D eigenvalue weighted by molar-refractivity contribution is -0.113. The van der Waals surface area contributed by atoms with E-state index in [2.05, 4.69) is 20.8 Å². The number of benzene rings is 1. The van der Waals surface area contributed by atoms with Gasteiger partial charge in [0.25, 0.3) is 5.91 Å². The minimum absolute atomic E-state index is 0.0499. The van der Waals surface area contributed by atoms with Gasteiger partial charge in [-0.1, -0.05) is 36.0 Å². The van der Waals surface area contributed by atoms with Crippen molar-refractivity contribution >= 4 is 45.9 Å². The molecule has 2 amide bonds. The zero-order valence-corrected chi connectivity index (χ0v) is 20.6. The number of rotatable bonds is 8. The van der Waals surface area contributed by atoms with Crippen LogP contribution in [0.4, 0.5) is 5.00 Å². The van der Waals surface area contributed by atoms with Crippen molar-refractivity contribution in [1.29, 1.82) is 0 Å². The minimum Gasteiger partial charge on any atom is -0.462 e. The molecule has 33 heavy (non-hydrogen) atoms. The Morgan fingerprint density at radius 1 is 1.18 bits per heavy atom. The summed E-state index contributed by atoms with van der Waals surface area (Å²) in [5.74, 6) is -0.490. The first kappa shape index (κ1) is 24.5. The van der Waals surface area contributed by atoms with Crippen LogP contribution in [-0.4, -0.2) is 52.0 Å². The third-order valence-electron chi connectivity index (χ3n) is 4.87. The predicted molar refractivity (Wildman–Crippen MR) is 129 cm³/mol. The van der Waals surface area contributed by atoms with E-state index in [0.717, 1.165) is 22.5 Å². The van der Waals surface area contributed by atoms with Gasteiger partial charge in [0.05, 0.1) is 22.8 Å². The number of carbonyl (C=O) groups excluding carboxylic acids is 3. The van der Waals surface area contributed by atoms with Crippen LogP contribution in [0.25, 0.3) is 11.4 Å². The number of amides is 2.